The van der Waals surface area contributed by atoms with Gasteiger partial charge < -0.3 is 10.2 Å². The Morgan fingerprint density at radius 1 is 1.40 bits per heavy atom. The third-order valence-electron chi connectivity index (χ3n) is 3.76. The van der Waals surface area contributed by atoms with Crippen LogP contribution in [0.15, 0.2) is 12.1 Å². The van der Waals surface area contributed by atoms with Crippen molar-refractivity contribution in [2.45, 2.75) is 32.5 Å². The summed E-state index contributed by atoms with van der Waals surface area (Å²) in [5.41, 5.74) is 1.94. The monoisotopic (exact) mass is 287 g/mol. The predicted octanol–water partition coefficient (Wildman–Crippen LogP) is 2.89. The Morgan fingerprint density at radius 3 is 2.75 bits per heavy atom. The number of anilines is 1. The van der Waals surface area contributed by atoms with E-state index < -0.39 is 12.1 Å². The molecule has 0 aromatic carbocycles. The molecule has 0 amide bonds. The molecule has 0 aliphatic carbocycles. The second kappa shape index (κ2) is 5.99. The molecule has 112 valence electrons. The number of pyridine rings is 1. The molecule has 2 rings (SSSR count). The van der Waals surface area contributed by atoms with E-state index in [-0.39, 0.29) is 13.0 Å². The van der Waals surface area contributed by atoms with Crippen molar-refractivity contribution in [3.8, 4) is 0 Å². The van der Waals surface area contributed by atoms with Gasteiger partial charge in [-0.3, -0.25) is 0 Å². The number of alkyl halides is 3. The fourth-order valence-corrected chi connectivity index (χ4v) is 2.58. The van der Waals surface area contributed by atoms with Crippen molar-refractivity contribution in [1.29, 1.82) is 0 Å². The number of hydrogen-bond donors (Lipinski definition) is 1. The van der Waals surface area contributed by atoms with E-state index >= 15 is 0 Å². The summed E-state index contributed by atoms with van der Waals surface area (Å²) in [5.74, 6) is -0.591. The standard InChI is InChI=1S/C14H20F3N3/c1-10-11(8-18-2)5-6-13(19-10)20-7-3-4-12(9-20)14(15,16)17/h5-6,12,18H,3-4,7-9H2,1-2H3. The lowest BCUT2D eigenvalue weighted by molar-refractivity contribution is -0.176. The predicted molar refractivity (Wildman–Crippen MR) is 72.7 cm³/mol. The zero-order valence-electron chi connectivity index (χ0n) is 11.8. The minimum atomic E-state index is -4.11. The summed E-state index contributed by atoms with van der Waals surface area (Å²) in [6, 6.07) is 3.75. The van der Waals surface area contributed by atoms with E-state index in [9.17, 15) is 13.2 Å². The molecular weight excluding hydrogens is 267 g/mol. The number of aromatic nitrogens is 1. The molecule has 1 N–H and O–H groups in total. The van der Waals surface area contributed by atoms with Crippen LogP contribution in [-0.4, -0.2) is 31.3 Å². The highest BCUT2D eigenvalue weighted by Gasteiger charge is 2.42. The van der Waals surface area contributed by atoms with Crippen LogP contribution >= 0.6 is 0 Å². The number of nitrogens with one attached hydrogen (secondary N) is 1. The largest absolute Gasteiger partial charge is 0.393 e. The third kappa shape index (κ3) is 3.42. The van der Waals surface area contributed by atoms with E-state index in [1.54, 1.807) is 4.90 Å². The first-order chi connectivity index (χ1) is 9.41. The van der Waals surface area contributed by atoms with E-state index in [1.165, 1.54) is 0 Å². The minimum Gasteiger partial charge on any atom is -0.356 e. The number of nitrogens with zero attached hydrogens (tertiary/aromatic N) is 2. The van der Waals surface area contributed by atoms with E-state index in [4.69, 9.17) is 0 Å². The van der Waals surface area contributed by atoms with Crippen molar-refractivity contribution in [3.05, 3.63) is 23.4 Å². The molecule has 0 spiro atoms. The summed E-state index contributed by atoms with van der Waals surface area (Å²) in [7, 11) is 1.85. The molecule has 1 saturated heterocycles. The Kier molecular flexibility index (Phi) is 4.52. The Hall–Kier alpha value is -1.30. The Morgan fingerprint density at radius 2 is 2.15 bits per heavy atom. The van der Waals surface area contributed by atoms with Gasteiger partial charge >= 0.3 is 6.18 Å². The second-order valence-corrected chi connectivity index (χ2v) is 5.27. The van der Waals surface area contributed by atoms with Gasteiger partial charge in [0.2, 0.25) is 0 Å². The van der Waals surface area contributed by atoms with E-state index in [1.807, 2.05) is 26.1 Å². The number of piperidine rings is 1. The maximum absolute atomic E-state index is 12.8. The average molecular weight is 287 g/mol. The highest BCUT2D eigenvalue weighted by atomic mass is 19.4. The maximum Gasteiger partial charge on any atom is 0.393 e. The highest BCUT2D eigenvalue weighted by molar-refractivity contribution is 5.42. The summed E-state index contributed by atoms with van der Waals surface area (Å²) < 4.78 is 38.5. The van der Waals surface area contributed by atoms with Gasteiger partial charge in [-0.05, 0) is 38.4 Å². The molecule has 3 nitrogen and oxygen atoms in total. The van der Waals surface area contributed by atoms with Crippen LogP contribution in [0.3, 0.4) is 0 Å². The molecule has 1 atom stereocenters. The van der Waals surface area contributed by atoms with E-state index in [2.05, 4.69) is 10.3 Å². The Balaban J connectivity index is 2.13. The molecule has 0 radical (unpaired) electrons. The zero-order chi connectivity index (χ0) is 14.8. The van der Waals surface area contributed by atoms with Crippen molar-refractivity contribution >= 4 is 5.82 Å². The average Bonchev–Trinajstić information content (AvgIpc) is 2.40. The Labute approximate surface area is 117 Å². The van der Waals surface area contributed by atoms with Crippen molar-refractivity contribution in [2.75, 3.05) is 25.0 Å². The molecule has 20 heavy (non-hydrogen) atoms. The Bertz CT molecular complexity index is 459. The summed E-state index contributed by atoms with van der Waals surface area (Å²) in [5, 5.41) is 3.05. The van der Waals surface area contributed by atoms with Crippen molar-refractivity contribution < 1.29 is 13.2 Å². The van der Waals surface area contributed by atoms with Crippen LogP contribution in [0.1, 0.15) is 24.1 Å². The van der Waals surface area contributed by atoms with Gasteiger partial charge in [-0.1, -0.05) is 6.07 Å². The topological polar surface area (TPSA) is 28.2 Å². The van der Waals surface area contributed by atoms with Crippen LogP contribution in [0, 0.1) is 12.8 Å². The molecule has 1 fully saturated rings. The van der Waals surface area contributed by atoms with Crippen molar-refractivity contribution in [1.82, 2.24) is 10.3 Å². The lowest BCUT2D eigenvalue weighted by Crippen LogP contribution is -2.42. The summed E-state index contributed by atoms with van der Waals surface area (Å²) in [4.78, 5) is 6.20. The first-order valence-corrected chi connectivity index (χ1v) is 6.84. The molecule has 1 aromatic rings. The van der Waals surface area contributed by atoms with Crippen LogP contribution in [-0.2, 0) is 6.54 Å². The van der Waals surface area contributed by atoms with Gasteiger partial charge in [-0.15, -0.1) is 0 Å². The van der Waals surface area contributed by atoms with Gasteiger partial charge in [-0.25, -0.2) is 4.98 Å². The van der Waals surface area contributed by atoms with Crippen LogP contribution in [0.4, 0.5) is 19.0 Å². The molecular formula is C14H20F3N3. The summed E-state index contributed by atoms with van der Waals surface area (Å²) in [6.07, 6.45) is -3.33. The molecule has 1 aromatic heterocycles. The molecule has 1 aliphatic rings. The molecule has 0 saturated carbocycles. The number of halogens is 3. The van der Waals surface area contributed by atoms with Crippen LogP contribution < -0.4 is 10.2 Å². The fraction of sp³-hybridized carbons (Fsp3) is 0.643. The smallest absolute Gasteiger partial charge is 0.356 e. The first kappa shape index (κ1) is 15.1. The van der Waals surface area contributed by atoms with Gasteiger partial charge in [0.25, 0.3) is 0 Å². The van der Waals surface area contributed by atoms with E-state index in [0.717, 1.165) is 11.3 Å². The molecule has 1 unspecified atom stereocenters. The fourth-order valence-electron chi connectivity index (χ4n) is 2.58. The molecule has 2 heterocycles. The van der Waals surface area contributed by atoms with Gasteiger partial charge in [0.05, 0.1) is 5.92 Å². The van der Waals surface area contributed by atoms with Crippen LogP contribution in [0.5, 0.6) is 0 Å². The summed E-state index contributed by atoms with van der Waals surface area (Å²) >= 11 is 0. The minimum absolute atomic E-state index is 0.0152. The van der Waals surface area contributed by atoms with Gasteiger partial charge in [0.1, 0.15) is 5.82 Å². The van der Waals surface area contributed by atoms with Crippen molar-refractivity contribution in [2.24, 2.45) is 5.92 Å². The molecule has 6 heteroatoms. The van der Waals surface area contributed by atoms with Gasteiger partial charge in [0.15, 0.2) is 0 Å². The maximum atomic E-state index is 12.8. The zero-order valence-corrected chi connectivity index (χ0v) is 11.8. The SMILES string of the molecule is CNCc1ccc(N2CCCC(C(F)(F)F)C2)nc1C. The van der Waals surface area contributed by atoms with Gasteiger partial charge in [0, 0.05) is 25.3 Å². The number of aryl methyl sites for hydroxylation is 1. The quantitative estimate of drug-likeness (QED) is 0.926. The van der Waals surface area contributed by atoms with Crippen LogP contribution in [0.2, 0.25) is 0 Å². The van der Waals surface area contributed by atoms with Gasteiger partial charge in [-0.2, -0.15) is 13.2 Å². The van der Waals surface area contributed by atoms with E-state index in [0.29, 0.717) is 25.3 Å². The highest BCUT2D eigenvalue weighted by Crippen LogP contribution is 2.34. The molecule has 1 aliphatic heterocycles. The van der Waals surface area contributed by atoms with Crippen molar-refractivity contribution in [3.63, 3.8) is 0 Å². The number of rotatable bonds is 3. The summed E-state index contributed by atoms with van der Waals surface area (Å²) in [6.45, 7) is 3.26. The van der Waals surface area contributed by atoms with Crippen LogP contribution in [0.25, 0.3) is 0 Å². The first-order valence-electron chi connectivity index (χ1n) is 6.84. The number of hydrogen-bond acceptors (Lipinski definition) is 3. The normalized spacial score (nSPS) is 20.2. The lowest BCUT2D eigenvalue weighted by Gasteiger charge is -2.34. The third-order valence-corrected chi connectivity index (χ3v) is 3.76. The second-order valence-electron chi connectivity index (χ2n) is 5.27. The molecule has 0 bridgehead atoms. The lowest BCUT2D eigenvalue weighted by atomic mass is 9.97.